The van der Waals surface area contributed by atoms with Crippen LogP contribution >= 0.6 is 15.9 Å². The van der Waals surface area contributed by atoms with Gasteiger partial charge in [0, 0.05) is 17.6 Å². The Morgan fingerprint density at radius 1 is 1.17 bits per heavy atom. The molecule has 2 aromatic rings. The fourth-order valence-electron chi connectivity index (χ4n) is 1.91. The van der Waals surface area contributed by atoms with E-state index in [0.717, 1.165) is 17.0 Å². The average molecular weight is 383 g/mol. The molecule has 0 spiro atoms. The molecule has 0 atom stereocenters. The van der Waals surface area contributed by atoms with Crippen LogP contribution in [0.15, 0.2) is 46.9 Å². The number of benzene rings is 2. The van der Waals surface area contributed by atoms with E-state index in [-0.39, 0.29) is 12.1 Å². The van der Waals surface area contributed by atoms with Crippen molar-refractivity contribution in [2.24, 2.45) is 0 Å². The minimum atomic E-state index is -0.965. The number of rotatable bonds is 4. The van der Waals surface area contributed by atoms with Crippen LogP contribution in [-0.4, -0.2) is 30.3 Å². The van der Waals surface area contributed by atoms with E-state index in [1.165, 1.54) is 7.05 Å². The number of hydrogen-bond donors (Lipinski definition) is 1. The summed E-state index contributed by atoms with van der Waals surface area (Å²) in [6, 6.07) is 9.68. The smallest absolute Gasteiger partial charge is 0.257 e. The first-order valence-corrected chi connectivity index (χ1v) is 7.42. The van der Waals surface area contributed by atoms with Crippen molar-refractivity contribution in [2.75, 3.05) is 18.9 Å². The number of para-hydroxylation sites is 1. The van der Waals surface area contributed by atoms with E-state index >= 15 is 0 Å². The number of amides is 2. The van der Waals surface area contributed by atoms with Crippen LogP contribution in [0.4, 0.5) is 14.5 Å². The Hall–Kier alpha value is -2.28. The van der Waals surface area contributed by atoms with Crippen LogP contribution in [0.2, 0.25) is 0 Å². The Balaban J connectivity index is 2.03. The topological polar surface area (TPSA) is 49.4 Å². The highest BCUT2D eigenvalue weighted by molar-refractivity contribution is 9.10. The number of anilines is 1. The lowest BCUT2D eigenvalue weighted by molar-refractivity contribution is -0.116. The highest BCUT2D eigenvalue weighted by atomic mass is 79.9. The van der Waals surface area contributed by atoms with Crippen LogP contribution < -0.4 is 5.32 Å². The molecule has 1 N–H and O–H groups in total. The van der Waals surface area contributed by atoms with E-state index in [1.54, 1.807) is 24.3 Å². The SMILES string of the molecule is CN(CC(=O)Nc1ccccc1Br)C(=O)c1ccc(F)cc1F. The summed E-state index contributed by atoms with van der Waals surface area (Å²) in [5, 5.41) is 2.64. The molecule has 2 amide bonds. The Morgan fingerprint density at radius 3 is 2.52 bits per heavy atom. The van der Waals surface area contributed by atoms with Crippen molar-refractivity contribution >= 4 is 33.4 Å². The summed E-state index contributed by atoms with van der Waals surface area (Å²) in [6.45, 7) is -0.267. The summed E-state index contributed by atoms with van der Waals surface area (Å²) < 4.78 is 27.2. The van der Waals surface area contributed by atoms with Crippen LogP contribution in [0, 0.1) is 11.6 Å². The molecule has 4 nitrogen and oxygen atoms in total. The van der Waals surface area contributed by atoms with Gasteiger partial charge in [-0.2, -0.15) is 0 Å². The molecular weight excluding hydrogens is 370 g/mol. The van der Waals surface area contributed by atoms with E-state index in [0.29, 0.717) is 16.2 Å². The number of nitrogens with zero attached hydrogens (tertiary/aromatic N) is 1. The molecule has 2 aromatic carbocycles. The Bertz CT molecular complexity index is 753. The zero-order valence-electron chi connectivity index (χ0n) is 12.1. The molecule has 0 aromatic heterocycles. The van der Waals surface area contributed by atoms with Gasteiger partial charge >= 0.3 is 0 Å². The van der Waals surface area contributed by atoms with Crippen LogP contribution in [-0.2, 0) is 4.79 Å². The average Bonchev–Trinajstić information content (AvgIpc) is 2.49. The molecule has 0 heterocycles. The lowest BCUT2D eigenvalue weighted by Crippen LogP contribution is -2.35. The molecular formula is C16H13BrF2N2O2. The normalized spacial score (nSPS) is 10.3. The molecule has 120 valence electrons. The zero-order chi connectivity index (χ0) is 17.0. The predicted octanol–water partition coefficient (Wildman–Crippen LogP) is 3.44. The highest BCUT2D eigenvalue weighted by Crippen LogP contribution is 2.21. The van der Waals surface area contributed by atoms with Crippen molar-refractivity contribution < 1.29 is 18.4 Å². The van der Waals surface area contributed by atoms with Gasteiger partial charge in [-0.25, -0.2) is 8.78 Å². The van der Waals surface area contributed by atoms with E-state index in [1.807, 2.05) is 0 Å². The van der Waals surface area contributed by atoms with Crippen LogP contribution in [0.25, 0.3) is 0 Å². The number of halogens is 3. The van der Waals surface area contributed by atoms with Gasteiger partial charge in [0.2, 0.25) is 5.91 Å². The third kappa shape index (κ3) is 4.35. The van der Waals surface area contributed by atoms with Crippen molar-refractivity contribution in [2.45, 2.75) is 0 Å². The first kappa shape index (κ1) is 17.1. The first-order valence-electron chi connectivity index (χ1n) is 6.63. The van der Waals surface area contributed by atoms with Crippen LogP contribution in [0.5, 0.6) is 0 Å². The van der Waals surface area contributed by atoms with Gasteiger partial charge < -0.3 is 10.2 Å². The van der Waals surface area contributed by atoms with Gasteiger partial charge in [-0.05, 0) is 40.2 Å². The quantitative estimate of drug-likeness (QED) is 0.880. The predicted molar refractivity (Wildman–Crippen MR) is 86.1 cm³/mol. The van der Waals surface area contributed by atoms with Gasteiger partial charge in [-0.1, -0.05) is 12.1 Å². The van der Waals surface area contributed by atoms with E-state index < -0.39 is 23.4 Å². The summed E-state index contributed by atoms with van der Waals surface area (Å²) in [7, 11) is 1.37. The van der Waals surface area contributed by atoms with Gasteiger partial charge in [-0.3, -0.25) is 9.59 Å². The molecule has 0 unspecified atom stereocenters. The number of carbonyl (C=O) groups is 2. The lowest BCUT2D eigenvalue weighted by Gasteiger charge is -2.17. The molecule has 0 bridgehead atoms. The number of nitrogens with one attached hydrogen (secondary N) is 1. The second-order valence-corrected chi connectivity index (χ2v) is 5.67. The fraction of sp³-hybridized carbons (Fsp3) is 0.125. The van der Waals surface area contributed by atoms with Crippen molar-refractivity contribution in [3.05, 3.63) is 64.1 Å². The molecule has 0 aliphatic rings. The molecule has 0 saturated heterocycles. The van der Waals surface area contributed by atoms with E-state index in [9.17, 15) is 18.4 Å². The summed E-state index contributed by atoms with van der Waals surface area (Å²) in [5.74, 6) is -2.87. The third-order valence-electron chi connectivity index (χ3n) is 3.04. The van der Waals surface area contributed by atoms with E-state index in [4.69, 9.17) is 0 Å². The summed E-state index contributed by atoms with van der Waals surface area (Å²) in [6.07, 6.45) is 0. The fourth-order valence-corrected chi connectivity index (χ4v) is 2.29. The summed E-state index contributed by atoms with van der Waals surface area (Å²) >= 11 is 3.29. The van der Waals surface area contributed by atoms with Crippen LogP contribution in [0.1, 0.15) is 10.4 Å². The van der Waals surface area contributed by atoms with Gasteiger partial charge in [0.15, 0.2) is 0 Å². The monoisotopic (exact) mass is 382 g/mol. The maximum Gasteiger partial charge on any atom is 0.257 e. The second kappa shape index (κ2) is 7.32. The van der Waals surface area contributed by atoms with Gasteiger partial charge in [0.25, 0.3) is 5.91 Å². The van der Waals surface area contributed by atoms with Gasteiger partial charge in [0.1, 0.15) is 11.6 Å². The largest absolute Gasteiger partial charge is 0.332 e. The molecule has 0 aliphatic heterocycles. The maximum absolute atomic E-state index is 13.6. The minimum Gasteiger partial charge on any atom is -0.332 e. The number of likely N-dealkylation sites (N-methyl/N-ethyl adjacent to an activating group) is 1. The Labute approximate surface area is 140 Å². The van der Waals surface area contributed by atoms with Crippen molar-refractivity contribution in [3.8, 4) is 0 Å². The molecule has 23 heavy (non-hydrogen) atoms. The zero-order valence-corrected chi connectivity index (χ0v) is 13.7. The molecule has 0 fully saturated rings. The van der Waals surface area contributed by atoms with Crippen molar-refractivity contribution in [1.82, 2.24) is 4.90 Å². The summed E-state index contributed by atoms with van der Waals surface area (Å²) in [4.78, 5) is 25.1. The number of carbonyl (C=O) groups excluding carboxylic acids is 2. The van der Waals surface area contributed by atoms with Gasteiger partial charge in [0.05, 0.1) is 17.8 Å². The van der Waals surface area contributed by atoms with Crippen LogP contribution in [0.3, 0.4) is 0 Å². The van der Waals surface area contributed by atoms with Crippen molar-refractivity contribution in [3.63, 3.8) is 0 Å². The molecule has 7 heteroatoms. The third-order valence-corrected chi connectivity index (χ3v) is 3.73. The lowest BCUT2D eigenvalue weighted by atomic mass is 10.2. The molecule has 0 radical (unpaired) electrons. The minimum absolute atomic E-state index is 0.267. The maximum atomic E-state index is 13.6. The first-order chi connectivity index (χ1) is 10.9. The van der Waals surface area contributed by atoms with E-state index in [2.05, 4.69) is 21.2 Å². The second-order valence-electron chi connectivity index (χ2n) is 4.81. The Kier molecular flexibility index (Phi) is 5.44. The standard InChI is InChI=1S/C16H13BrF2N2O2/c1-21(16(23)11-7-6-10(18)8-13(11)19)9-15(22)20-14-5-3-2-4-12(14)17/h2-8H,9H2,1H3,(H,20,22). The molecule has 2 rings (SSSR count). The molecule has 0 aliphatic carbocycles. The number of hydrogen-bond acceptors (Lipinski definition) is 2. The molecule has 0 saturated carbocycles. The van der Waals surface area contributed by atoms with Gasteiger partial charge in [-0.15, -0.1) is 0 Å². The summed E-state index contributed by atoms with van der Waals surface area (Å²) in [5.41, 5.74) is 0.272. The van der Waals surface area contributed by atoms with Crippen molar-refractivity contribution in [1.29, 1.82) is 0 Å². The highest BCUT2D eigenvalue weighted by Gasteiger charge is 2.19. The Morgan fingerprint density at radius 2 is 1.87 bits per heavy atom.